The number of aliphatic hydroxyl groups is 1. The van der Waals surface area contributed by atoms with Crippen LogP contribution in [0.3, 0.4) is 0 Å². The lowest BCUT2D eigenvalue weighted by molar-refractivity contribution is 0.197. The summed E-state index contributed by atoms with van der Waals surface area (Å²) in [4.78, 5) is 0. The summed E-state index contributed by atoms with van der Waals surface area (Å²) in [6, 6.07) is 8.18. The molecule has 0 saturated heterocycles. The van der Waals surface area contributed by atoms with Gasteiger partial charge in [0.2, 0.25) is 0 Å². The van der Waals surface area contributed by atoms with E-state index in [9.17, 15) is 5.11 Å². The summed E-state index contributed by atoms with van der Waals surface area (Å²) in [6.45, 7) is 6.73. The summed E-state index contributed by atoms with van der Waals surface area (Å²) < 4.78 is 3.12. The highest BCUT2D eigenvalue weighted by Gasteiger charge is 2.19. The van der Waals surface area contributed by atoms with Crippen LogP contribution in [0.4, 0.5) is 0 Å². The Morgan fingerprint density at radius 2 is 1.95 bits per heavy atom. The molecular formula is C16H21BrN2O. The Labute approximate surface area is 128 Å². The van der Waals surface area contributed by atoms with E-state index in [1.54, 1.807) is 0 Å². The van der Waals surface area contributed by atoms with Crippen molar-refractivity contribution in [3.8, 4) is 0 Å². The first-order valence-electron chi connectivity index (χ1n) is 7.08. The van der Waals surface area contributed by atoms with Crippen molar-refractivity contribution in [2.75, 3.05) is 0 Å². The number of aromatic nitrogens is 2. The molecule has 1 aromatic heterocycles. The van der Waals surface area contributed by atoms with Crippen molar-refractivity contribution in [1.82, 2.24) is 9.78 Å². The normalized spacial score (nSPS) is 12.7. The molecule has 1 unspecified atom stereocenters. The van der Waals surface area contributed by atoms with Crippen LogP contribution in [0.15, 0.2) is 28.7 Å². The van der Waals surface area contributed by atoms with Gasteiger partial charge in [0.05, 0.1) is 18.3 Å². The second-order valence-corrected chi connectivity index (χ2v) is 5.79. The number of rotatable bonds is 5. The molecule has 2 aromatic rings. The fourth-order valence-electron chi connectivity index (χ4n) is 2.60. The Kier molecular flexibility index (Phi) is 5.00. The van der Waals surface area contributed by atoms with Crippen molar-refractivity contribution in [2.24, 2.45) is 0 Å². The highest BCUT2D eigenvalue weighted by atomic mass is 79.9. The molecule has 3 nitrogen and oxygen atoms in total. The number of nitrogens with zero attached hydrogens (tertiary/aromatic N) is 2. The van der Waals surface area contributed by atoms with Gasteiger partial charge in [0.1, 0.15) is 0 Å². The highest BCUT2D eigenvalue weighted by molar-refractivity contribution is 9.10. The number of benzene rings is 1. The molecule has 1 aromatic carbocycles. The lowest BCUT2D eigenvalue weighted by Gasteiger charge is -2.10. The summed E-state index contributed by atoms with van der Waals surface area (Å²) in [7, 11) is 0. The third kappa shape index (κ3) is 2.96. The predicted molar refractivity (Wildman–Crippen MR) is 84.9 cm³/mol. The Hall–Kier alpha value is -1.13. The van der Waals surface area contributed by atoms with Gasteiger partial charge in [-0.2, -0.15) is 5.10 Å². The van der Waals surface area contributed by atoms with Gasteiger partial charge in [-0.1, -0.05) is 48.0 Å². The van der Waals surface area contributed by atoms with E-state index >= 15 is 0 Å². The smallest absolute Gasteiger partial charge is 0.0798 e. The second kappa shape index (κ2) is 6.55. The van der Waals surface area contributed by atoms with Crippen LogP contribution in [-0.4, -0.2) is 14.9 Å². The number of aliphatic hydroxyl groups excluding tert-OH is 1. The summed E-state index contributed by atoms with van der Waals surface area (Å²) in [5.74, 6) is 0. The maximum Gasteiger partial charge on any atom is 0.0798 e. The molecule has 0 aliphatic heterocycles. The van der Waals surface area contributed by atoms with Gasteiger partial charge in [0.25, 0.3) is 0 Å². The lowest BCUT2D eigenvalue weighted by atomic mass is 10.0. The standard InChI is InChI=1S/C16H21BrN2O/c1-4-14-16(11(3)20)15(5-2)19(18-14)10-12-8-6-7-9-13(12)17/h6-9,11,20H,4-5,10H2,1-3H3. The van der Waals surface area contributed by atoms with Gasteiger partial charge < -0.3 is 5.11 Å². The Balaban J connectivity index is 2.44. The molecule has 0 spiro atoms. The van der Waals surface area contributed by atoms with E-state index in [1.807, 2.05) is 29.8 Å². The maximum absolute atomic E-state index is 10.0. The molecule has 1 N–H and O–H groups in total. The van der Waals surface area contributed by atoms with Crippen LogP contribution >= 0.6 is 15.9 Å². The maximum atomic E-state index is 10.0. The van der Waals surface area contributed by atoms with Gasteiger partial charge in [-0.05, 0) is 31.4 Å². The molecule has 108 valence electrons. The van der Waals surface area contributed by atoms with Crippen molar-refractivity contribution in [3.05, 3.63) is 51.3 Å². The highest BCUT2D eigenvalue weighted by Crippen LogP contribution is 2.25. The average Bonchev–Trinajstić information content (AvgIpc) is 2.79. The first-order chi connectivity index (χ1) is 9.58. The summed E-state index contributed by atoms with van der Waals surface area (Å²) in [5.41, 5.74) is 4.34. The topological polar surface area (TPSA) is 38.0 Å². The van der Waals surface area contributed by atoms with Crippen molar-refractivity contribution >= 4 is 15.9 Å². The number of hydrogen-bond donors (Lipinski definition) is 1. The summed E-state index contributed by atoms with van der Waals surface area (Å²) in [6.07, 6.45) is 1.25. The second-order valence-electron chi connectivity index (χ2n) is 4.94. The molecule has 0 saturated carbocycles. The number of halogens is 1. The molecule has 0 amide bonds. The van der Waals surface area contributed by atoms with Crippen LogP contribution in [0.2, 0.25) is 0 Å². The third-order valence-electron chi connectivity index (χ3n) is 3.54. The Morgan fingerprint density at radius 3 is 2.50 bits per heavy atom. The van der Waals surface area contributed by atoms with Crippen molar-refractivity contribution < 1.29 is 5.11 Å². The Bertz CT molecular complexity index is 590. The fourth-order valence-corrected chi connectivity index (χ4v) is 3.01. The van der Waals surface area contributed by atoms with E-state index in [4.69, 9.17) is 5.10 Å². The average molecular weight is 337 g/mol. The number of hydrogen-bond acceptors (Lipinski definition) is 2. The van der Waals surface area contributed by atoms with Gasteiger partial charge >= 0.3 is 0 Å². The SMILES string of the molecule is CCc1nn(Cc2ccccc2Br)c(CC)c1C(C)O. The van der Waals surface area contributed by atoms with E-state index in [2.05, 4.69) is 35.8 Å². The molecule has 2 rings (SSSR count). The van der Waals surface area contributed by atoms with Crippen LogP contribution in [0, 0.1) is 0 Å². The Morgan fingerprint density at radius 1 is 1.25 bits per heavy atom. The first-order valence-corrected chi connectivity index (χ1v) is 7.87. The quantitative estimate of drug-likeness (QED) is 0.899. The molecular weight excluding hydrogens is 316 g/mol. The third-order valence-corrected chi connectivity index (χ3v) is 4.31. The molecule has 0 radical (unpaired) electrons. The van der Waals surface area contributed by atoms with Gasteiger partial charge in [-0.25, -0.2) is 0 Å². The zero-order valence-electron chi connectivity index (χ0n) is 12.2. The van der Waals surface area contributed by atoms with Crippen LogP contribution < -0.4 is 0 Å². The van der Waals surface area contributed by atoms with Crippen LogP contribution in [-0.2, 0) is 19.4 Å². The minimum atomic E-state index is -0.465. The molecule has 0 fully saturated rings. The minimum absolute atomic E-state index is 0.465. The molecule has 0 bridgehead atoms. The zero-order chi connectivity index (χ0) is 14.7. The van der Waals surface area contributed by atoms with Gasteiger partial charge in [-0.15, -0.1) is 0 Å². The van der Waals surface area contributed by atoms with Crippen molar-refractivity contribution in [2.45, 2.75) is 46.3 Å². The van der Waals surface area contributed by atoms with E-state index in [0.29, 0.717) is 0 Å². The van der Waals surface area contributed by atoms with E-state index in [1.165, 1.54) is 5.56 Å². The van der Waals surface area contributed by atoms with Gasteiger partial charge in [-0.3, -0.25) is 4.68 Å². The molecule has 1 atom stereocenters. The van der Waals surface area contributed by atoms with Crippen molar-refractivity contribution in [1.29, 1.82) is 0 Å². The van der Waals surface area contributed by atoms with Crippen LogP contribution in [0.1, 0.15) is 49.4 Å². The van der Waals surface area contributed by atoms with E-state index in [0.717, 1.165) is 40.8 Å². The molecule has 0 aliphatic rings. The lowest BCUT2D eigenvalue weighted by Crippen LogP contribution is -2.08. The molecule has 0 aliphatic carbocycles. The van der Waals surface area contributed by atoms with Gasteiger partial charge in [0.15, 0.2) is 0 Å². The van der Waals surface area contributed by atoms with E-state index < -0.39 is 6.10 Å². The fraction of sp³-hybridized carbons (Fsp3) is 0.438. The molecule has 20 heavy (non-hydrogen) atoms. The molecule has 4 heteroatoms. The van der Waals surface area contributed by atoms with Gasteiger partial charge in [0, 0.05) is 15.7 Å². The summed E-state index contributed by atoms with van der Waals surface area (Å²) in [5, 5.41) is 14.7. The number of aryl methyl sites for hydroxylation is 1. The van der Waals surface area contributed by atoms with E-state index in [-0.39, 0.29) is 0 Å². The first kappa shape index (κ1) is 15.3. The van der Waals surface area contributed by atoms with Crippen molar-refractivity contribution in [3.63, 3.8) is 0 Å². The summed E-state index contributed by atoms with van der Waals surface area (Å²) >= 11 is 3.58. The predicted octanol–water partition coefficient (Wildman–Crippen LogP) is 3.87. The van der Waals surface area contributed by atoms with Crippen LogP contribution in [0.25, 0.3) is 0 Å². The van der Waals surface area contributed by atoms with Crippen LogP contribution in [0.5, 0.6) is 0 Å². The molecule has 1 heterocycles. The monoisotopic (exact) mass is 336 g/mol. The zero-order valence-corrected chi connectivity index (χ0v) is 13.8. The largest absolute Gasteiger partial charge is 0.389 e. The minimum Gasteiger partial charge on any atom is -0.389 e.